The zero-order valence-corrected chi connectivity index (χ0v) is 12.9. The van der Waals surface area contributed by atoms with Crippen molar-refractivity contribution < 1.29 is 4.79 Å². The Balaban J connectivity index is 1.75. The largest absolute Gasteiger partial charge is 0.369 e. The molecule has 0 fully saturated rings. The van der Waals surface area contributed by atoms with E-state index in [1.165, 1.54) is 12.3 Å². The van der Waals surface area contributed by atoms with Crippen LogP contribution in [-0.4, -0.2) is 28.2 Å². The average Bonchev–Trinajstić information content (AvgIpc) is 2.93. The molecule has 0 bridgehead atoms. The molecule has 20 heavy (non-hydrogen) atoms. The van der Waals surface area contributed by atoms with Crippen LogP contribution in [0.3, 0.4) is 0 Å². The Labute approximate surface area is 130 Å². The number of hydrogen-bond acceptors (Lipinski definition) is 6. The van der Waals surface area contributed by atoms with E-state index in [9.17, 15) is 4.79 Å². The summed E-state index contributed by atoms with van der Waals surface area (Å²) in [7, 11) is 0. The van der Waals surface area contributed by atoms with Crippen molar-refractivity contribution >= 4 is 46.4 Å². The maximum atomic E-state index is 11.0. The Kier molecular flexibility index (Phi) is 5.63. The number of hydrogen-bond donors (Lipinski definition) is 2. The van der Waals surface area contributed by atoms with Crippen molar-refractivity contribution in [1.82, 2.24) is 9.97 Å². The van der Waals surface area contributed by atoms with Gasteiger partial charge in [0.15, 0.2) is 0 Å². The molecule has 0 aliphatic heterocycles. The number of aromatic nitrogens is 2. The lowest BCUT2D eigenvalue weighted by Gasteiger charge is -2.07. The van der Waals surface area contributed by atoms with Crippen LogP contribution in [0.15, 0.2) is 28.2 Å². The minimum absolute atomic E-state index is 0.305. The van der Waals surface area contributed by atoms with Gasteiger partial charge < -0.3 is 11.1 Å². The second-order valence-corrected chi connectivity index (χ2v) is 6.49. The Morgan fingerprint density at radius 3 is 3.00 bits per heavy atom. The van der Waals surface area contributed by atoms with Crippen LogP contribution in [0.4, 0.5) is 5.82 Å². The van der Waals surface area contributed by atoms with Gasteiger partial charge in [0.25, 0.3) is 0 Å². The first kappa shape index (κ1) is 15.1. The third-order valence-corrected chi connectivity index (χ3v) is 4.71. The number of nitrogens with one attached hydrogen (secondary N) is 1. The molecule has 0 saturated heterocycles. The number of primary amides is 1. The molecule has 0 saturated carbocycles. The molecule has 8 heteroatoms. The summed E-state index contributed by atoms with van der Waals surface area (Å²) in [5, 5.41) is 5.49. The number of carbonyl (C=O) groups excluding carboxylic acids is 1. The van der Waals surface area contributed by atoms with Gasteiger partial charge in [0, 0.05) is 30.1 Å². The Morgan fingerprint density at radius 1 is 1.50 bits per heavy atom. The van der Waals surface area contributed by atoms with Gasteiger partial charge in [-0.15, -0.1) is 11.3 Å². The van der Waals surface area contributed by atoms with Crippen LogP contribution in [0.1, 0.15) is 16.8 Å². The fourth-order valence-corrected chi connectivity index (χ4v) is 3.30. The monoisotopic (exact) mass is 328 g/mol. The molecule has 5 nitrogen and oxygen atoms in total. The SMILES string of the molecule is NC(=O)c1cnc(NCCCSc2nccs2)c(Cl)c1. The quantitative estimate of drug-likeness (QED) is 0.603. The molecular formula is C12H13ClN4OS2. The third kappa shape index (κ3) is 4.36. The first-order chi connectivity index (χ1) is 9.66. The zero-order chi connectivity index (χ0) is 14.4. The van der Waals surface area contributed by atoms with E-state index in [0.717, 1.165) is 23.1 Å². The van der Waals surface area contributed by atoms with Crippen molar-refractivity contribution in [3.63, 3.8) is 0 Å². The van der Waals surface area contributed by atoms with Gasteiger partial charge in [-0.1, -0.05) is 23.4 Å². The Hall–Kier alpha value is -1.31. The fourth-order valence-electron chi connectivity index (χ4n) is 1.42. The first-order valence-corrected chi connectivity index (χ1v) is 8.12. The summed E-state index contributed by atoms with van der Waals surface area (Å²) >= 11 is 9.39. The van der Waals surface area contributed by atoms with E-state index in [0.29, 0.717) is 16.4 Å². The molecule has 3 N–H and O–H groups in total. The number of amides is 1. The van der Waals surface area contributed by atoms with Gasteiger partial charge in [0.05, 0.1) is 10.6 Å². The van der Waals surface area contributed by atoms with Crippen LogP contribution in [0.5, 0.6) is 0 Å². The zero-order valence-electron chi connectivity index (χ0n) is 10.5. The number of pyridine rings is 1. The van der Waals surface area contributed by atoms with E-state index in [2.05, 4.69) is 15.3 Å². The summed E-state index contributed by atoms with van der Waals surface area (Å²) in [6, 6.07) is 1.52. The van der Waals surface area contributed by atoms with Crippen LogP contribution in [0.2, 0.25) is 5.02 Å². The Morgan fingerprint density at radius 2 is 2.35 bits per heavy atom. The molecule has 2 aromatic heterocycles. The standard InChI is InChI=1S/C12H13ClN4OS2/c13-9-6-8(10(14)18)7-17-11(9)15-2-1-4-19-12-16-3-5-20-12/h3,5-7H,1-2,4H2,(H2,14,18)(H,15,17). The van der Waals surface area contributed by atoms with Gasteiger partial charge in [0.2, 0.25) is 5.91 Å². The maximum absolute atomic E-state index is 11.0. The topological polar surface area (TPSA) is 80.9 Å². The fraction of sp³-hybridized carbons (Fsp3) is 0.250. The third-order valence-electron chi connectivity index (χ3n) is 2.37. The molecule has 0 aliphatic rings. The average molecular weight is 329 g/mol. The highest BCUT2D eigenvalue weighted by atomic mass is 35.5. The molecule has 0 spiro atoms. The minimum atomic E-state index is -0.536. The number of thioether (sulfide) groups is 1. The predicted octanol–water partition coefficient (Wildman–Crippen LogP) is 2.88. The van der Waals surface area contributed by atoms with Gasteiger partial charge in [-0.3, -0.25) is 4.79 Å². The highest BCUT2D eigenvalue weighted by Gasteiger charge is 2.06. The summed E-state index contributed by atoms with van der Waals surface area (Å²) in [5.41, 5.74) is 5.46. The molecule has 1 amide bonds. The van der Waals surface area contributed by atoms with E-state index in [1.807, 2.05) is 5.38 Å². The second kappa shape index (κ2) is 7.47. The maximum Gasteiger partial charge on any atom is 0.250 e. The summed E-state index contributed by atoms with van der Waals surface area (Å²) in [6.45, 7) is 0.751. The van der Waals surface area contributed by atoms with Crippen molar-refractivity contribution in [3.05, 3.63) is 34.4 Å². The lowest BCUT2D eigenvalue weighted by Crippen LogP contribution is -2.12. The van der Waals surface area contributed by atoms with Gasteiger partial charge >= 0.3 is 0 Å². The number of rotatable bonds is 7. The highest BCUT2D eigenvalue weighted by Crippen LogP contribution is 2.22. The molecule has 2 rings (SSSR count). The number of carbonyl (C=O) groups is 1. The summed E-state index contributed by atoms with van der Waals surface area (Å²) in [4.78, 5) is 19.3. The molecule has 2 aromatic rings. The molecular weight excluding hydrogens is 316 g/mol. The number of halogens is 1. The van der Waals surface area contributed by atoms with Crippen LogP contribution < -0.4 is 11.1 Å². The molecule has 0 aliphatic carbocycles. The smallest absolute Gasteiger partial charge is 0.250 e. The molecule has 106 valence electrons. The van der Waals surface area contributed by atoms with Gasteiger partial charge in [-0.2, -0.15) is 0 Å². The number of thiazole rings is 1. The Bertz CT molecular complexity index is 577. The second-order valence-electron chi connectivity index (χ2n) is 3.85. The minimum Gasteiger partial charge on any atom is -0.369 e. The van der Waals surface area contributed by atoms with E-state index in [1.54, 1.807) is 29.3 Å². The molecule has 0 atom stereocenters. The normalized spacial score (nSPS) is 10.4. The number of anilines is 1. The van der Waals surface area contributed by atoms with Crippen molar-refractivity contribution in [2.45, 2.75) is 10.8 Å². The predicted molar refractivity (Wildman–Crippen MR) is 83.7 cm³/mol. The van der Waals surface area contributed by atoms with Crippen molar-refractivity contribution in [2.75, 3.05) is 17.6 Å². The lowest BCUT2D eigenvalue weighted by atomic mass is 10.2. The van der Waals surface area contributed by atoms with E-state index in [-0.39, 0.29) is 0 Å². The van der Waals surface area contributed by atoms with Crippen molar-refractivity contribution in [2.24, 2.45) is 5.73 Å². The number of nitrogens with zero attached hydrogens (tertiary/aromatic N) is 2. The van der Waals surface area contributed by atoms with E-state index < -0.39 is 5.91 Å². The highest BCUT2D eigenvalue weighted by molar-refractivity contribution is 8.00. The summed E-state index contributed by atoms with van der Waals surface area (Å²) in [6.07, 6.45) is 4.18. The van der Waals surface area contributed by atoms with Gasteiger partial charge in [-0.25, -0.2) is 9.97 Å². The van der Waals surface area contributed by atoms with Crippen LogP contribution in [-0.2, 0) is 0 Å². The van der Waals surface area contributed by atoms with Crippen LogP contribution in [0.25, 0.3) is 0 Å². The van der Waals surface area contributed by atoms with E-state index in [4.69, 9.17) is 17.3 Å². The van der Waals surface area contributed by atoms with Gasteiger partial charge in [-0.05, 0) is 12.5 Å². The van der Waals surface area contributed by atoms with Crippen molar-refractivity contribution in [1.29, 1.82) is 0 Å². The van der Waals surface area contributed by atoms with Gasteiger partial charge in [0.1, 0.15) is 10.2 Å². The van der Waals surface area contributed by atoms with Crippen molar-refractivity contribution in [3.8, 4) is 0 Å². The lowest BCUT2D eigenvalue weighted by molar-refractivity contribution is 0.1000. The molecule has 0 aromatic carbocycles. The molecule has 0 unspecified atom stereocenters. The first-order valence-electron chi connectivity index (χ1n) is 5.88. The number of nitrogens with two attached hydrogens (primary N) is 1. The van der Waals surface area contributed by atoms with Crippen LogP contribution >= 0.6 is 34.7 Å². The van der Waals surface area contributed by atoms with Crippen LogP contribution in [0, 0.1) is 0 Å². The van der Waals surface area contributed by atoms with E-state index >= 15 is 0 Å². The summed E-state index contributed by atoms with van der Waals surface area (Å²) in [5.74, 6) is 0.999. The molecule has 2 heterocycles. The molecule has 0 radical (unpaired) electrons. The summed E-state index contributed by atoms with van der Waals surface area (Å²) < 4.78 is 1.08.